The summed E-state index contributed by atoms with van der Waals surface area (Å²) >= 11 is 4.20. The molecule has 4 nitrogen and oxygen atoms in total. The molecule has 0 rings (SSSR count). The van der Waals surface area contributed by atoms with Gasteiger partial charge in [0.15, 0.2) is 0 Å². The standard InChI is InChI=1S/C8H15NO3S/c1-4-8(3,13)6(7(11)12)9-5(2)10/h6,13H,4H2,1-3H3,(H,9,10)(H,11,12). The number of hydrogen-bond acceptors (Lipinski definition) is 3. The number of thiol groups is 1. The summed E-state index contributed by atoms with van der Waals surface area (Å²) in [6.45, 7) is 4.80. The fourth-order valence-corrected chi connectivity index (χ4v) is 1.07. The summed E-state index contributed by atoms with van der Waals surface area (Å²) in [4.78, 5) is 21.5. The number of hydrogen-bond donors (Lipinski definition) is 3. The van der Waals surface area contributed by atoms with E-state index in [-0.39, 0.29) is 5.91 Å². The molecule has 5 heteroatoms. The Morgan fingerprint density at radius 3 is 2.31 bits per heavy atom. The van der Waals surface area contributed by atoms with E-state index < -0.39 is 16.8 Å². The van der Waals surface area contributed by atoms with Gasteiger partial charge in [0.2, 0.25) is 5.91 Å². The van der Waals surface area contributed by atoms with Crippen molar-refractivity contribution in [1.29, 1.82) is 0 Å². The predicted molar refractivity (Wildman–Crippen MR) is 52.9 cm³/mol. The largest absolute Gasteiger partial charge is 0.480 e. The van der Waals surface area contributed by atoms with Crippen LogP contribution in [0.5, 0.6) is 0 Å². The number of amides is 1. The molecule has 0 saturated heterocycles. The van der Waals surface area contributed by atoms with Crippen molar-refractivity contribution in [2.45, 2.75) is 38.0 Å². The fourth-order valence-electron chi connectivity index (χ4n) is 0.891. The number of carboxylic acid groups (broad SMARTS) is 1. The molecule has 0 aromatic carbocycles. The zero-order chi connectivity index (χ0) is 10.6. The van der Waals surface area contributed by atoms with Gasteiger partial charge in [-0.05, 0) is 13.3 Å². The normalized spacial score (nSPS) is 17.2. The third-order valence-electron chi connectivity index (χ3n) is 1.93. The molecule has 2 N–H and O–H groups in total. The zero-order valence-electron chi connectivity index (χ0n) is 8.00. The fraction of sp³-hybridized carbons (Fsp3) is 0.750. The number of carboxylic acids is 1. The first kappa shape index (κ1) is 12.3. The second kappa shape index (κ2) is 4.50. The molecule has 1 amide bonds. The summed E-state index contributed by atoms with van der Waals surface area (Å²) in [5, 5.41) is 11.2. The summed E-state index contributed by atoms with van der Waals surface area (Å²) < 4.78 is -0.725. The highest BCUT2D eigenvalue weighted by Gasteiger charge is 2.35. The van der Waals surface area contributed by atoms with Crippen LogP contribution in [0.2, 0.25) is 0 Å². The summed E-state index contributed by atoms with van der Waals surface area (Å²) in [7, 11) is 0. The SMILES string of the molecule is CCC(C)(S)C(NC(C)=O)C(=O)O. The van der Waals surface area contributed by atoms with Crippen molar-refractivity contribution in [3.8, 4) is 0 Å². The summed E-state index contributed by atoms with van der Waals surface area (Å²) in [5.74, 6) is -1.42. The molecule has 0 radical (unpaired) electrons. The highest BCUT2D eigenvalue weighted by molar-refractivity contribution is 7.81. The van der Waals surface area contributed by atoms with Crippen LogP contribution in [0.25, 0.3) is 0 Å². The van der Waals surface area contributed by atoms with Crippen LogP contribution >= 0.6 is 12.6 Å². The van der Waals surface area contributed by atoms with Gasteiger partial charge in [-0.25, -0.2) is 4.79 Å². The lowest BCUT2D eigenvalue weighted by molar-refractivity contribution is -0.142. The Labute approximate surface area is 83.1 Å². The van der Waals surface area contributed by atoms with E-state index in [0.29, 0.717) is 6.42 Å². The third-order valence-corrected chi connectivity index (χ3v) is 2.51. The summed E-state index contributed by atoms with van der Waals surface area (Å²) in [5.41, 5.74) is 0. The Morgan fingerprint density at radius 2 is 2.08 bits per heavy atom. The van der Waals surface area contributed by atoms with Crippen molar-refractivity contribution < 1.29 is 14.7 Å². The summed E-state index contributed by atoms with van der Waals surface area (Å²) in [6.07, 6.45) is 0.563. The van der Waals surface area contributed by atoms with Gasteiger partial charge in [0.25, 0.3) is 0 Å². The molecule has 0 aromatic heterocycles. The average molecular weight is 205 g/mol. The first-order chi connectivity index (χ1) is 5.81. The molecular weight excluding hydrogens is 190 g/mol. The van der Waals surface area contributed by atoms with Crippen molar-refractivity contribution in [3.05, 3.63) is 0 Å². The van der Waals surface area contributed by atoms with E-state index in [2.05, 4.69) is 17.9 Å². The molecule has 0 aliphatic rings. The van der Waals surface area contributed by atoms with Gasteiger partial charge in [0.05, 0.1) is 0 Å². The Bertz CT molecular complexity index is 215. The van der Waals surface area contributed by atoms with E-state index >= 15 is 0 Å². The molecule has 0 heterocycles. The van der Waals surface area contributed by atoms with Crippen LogP contribution < -0.4 is 5.32 Å². The van der Waals surface area contributed by atoms with Crippen molar-refractivity contribution in [3.63, 3.8) is 0 Å². The van der Waals surface area contributed by atoms with E-state index in [1.54, 1.807) is 6.92 Å². The Kier molecular flexibility index (Phi) is 4.26. The van der Waals surface area contributed by atoms with E-state index in [1.165, 1.54) is 6.92 Å². The first-order valence-corrected chi connectivity index (χ1v) is 4.48. The second-order valence-electron chi connectivity index (χ2n) is 3.18. The number of nitrogens with one attached hydrogen (secondary N) is 1. The van der Waals surface area contributed by atoms with Gasteiger partial charge in [-0.15, -0.1) is 0 Å². The molecule has 0 saturated carbocycles. The molecule has 2 unspecified atom stereocenters. The van der Waals surface area contributed by atoms with Crippen LogP contribution in [0.15, 0.2) is 0 Å². The molecule has 0 aliphatic heterocycles. The van der Waals surface area contributed by atoms with Gasteiger partial charge in [-0.1, -0.05) is 6.92 Å². The second-order valence-corrected chi connectivity index (χ2v) is 4.20. The molecular formula is C8H15NO3S. The van der Waals surface area contributed by atoms with Gasteiger partial charge >= 0.3 is 5.97 Å². The maximum Gasteiger partial charge on any atom is 0.327 e. The lowest BCUT2D eigenvalue weighted by Gasteiger charge is -2.29. The van der Waals surface area contributed by atoms with Gasteiger partial charge in [-0.2, -0.15) is 12.6 Å². The zero-order valence-corrected chi connectivity index (χ0v) is 8.89. The molecule has 0 fully saturated rings. The van der Waals surface area contributed by atoms with Gasteiger partial charge in [0, 0.05) is 11.7 Å². The number of rotatable bonds is 4. The minimum atomic E-state index is -1.06. The molecule has 76 valence electrons. The van der Waals surface area contributed by atoms with E-state index in [9.17, 15) is 9.59 Å². The Hall–Kier alpha value is -0.710. The van der Waals surface area contributed by atoms with E-state index in [0.717, 1.165) is 0 Å². The molecule has 13 heavy (non-hydrogen) atoms. The minimum absolute atomic E-state index is 0.360. The highest BCUT2D eigenvalue weighted by Crippen LogP contribution is 2.22. The van der Waals surface area contributed by atoms with Crippen LogP contribution in [0.3, 0.4) is 0 Å². The van der Waals surface area contributed by atoms with Crippen molar-refractivity contribution in [2.75, 3.05) is 0 Å². The molecule has 2 atom stereocenters. The van der Waals surface area contributed by atoms with Gasteiger partial charge in [0.1, 0.15) is 6.04 Å². The summed E-state index contributed by atoms with van der Waals surface area (Å²) in [6, 6.07) is -0.946. The molecule has 0 aromatic rings. The van der Waals surface area contributed by atoms with Crippen molar-refractivity contribution >= 4 is 24.5 Å². The third kappa shape index (κ3) is 3.67. The van der Waals surface area contributed by atoms with Crippen LogP contribution in [-0.2, 0) is 9.59 Å². The highest BCUT2D eigenvalue weighted by atomic mass is 32.1. The minimum Gasteiger partial charge on any atom is -0.480 e. The lowest BCUT2D eigenvalue weighted by Crippen LogP contribution is -2.52. The Morgan fingerprint density at radius 1 is 1.62 bits per heavy atom. The molecule has 0 spiro atoms. The quantitative estimate of drug-likeness (QED) is 0.591. The lowest BCUT2D eigenvalue weighted by atomic mass is 9.98. The smallest absolute Gasteiger partial charge is 0.327 e. The van der Waals surface area contributed by atoms with Crippen molar-refractivity contribution in [2.24, 2.45) is 0 Å². The van der Waals surface area contributed by atoms with Crippen LogP contribution in [-0.4, -0.2) is 27.8 Å². The first-order valence-electron chi connectivity index (χ1n) is 4.03. The van der Waals surface area contributed by atoms with Crippen LogP contribution in [0.1, 0.15) is 27.2 Å². The Balaban J connectivity index is 4.60. The number of carbonyl (C=O) groups is 2. The number of carbonyl (C=O) groups excluding carboxylic acids is 1. The van der Waals surface area contributed by atoms with Crippen LogP contribution in [0.4, 0.5) is 0 Å². The maximum atomic E-state index is 10.8. The molecule has 0 bridgehead atoms. The predicted octanol–water partition coefficient (Wildman–Crippen LogP) is 0.674. The monoisotopic (exact) mass is 205 g/mol. The average Bonchev–Trinajstić information content (AvgIpc) is 1.99. The number of aliphatic carboxylic acids is 1. The van der Waals surface area contributed by atoms with E-state index in [1.807, 2.05) is 6.92 Å². The van der Waals surface area contributed by atoms with Crippen LogP contribution in [0, 0.1) is 0 Å². The maximum absolute atomic E-state index is 10.8. The van der Waals surface area contributed by atoms with E-state index in [4.69, 9.17) is 5.11 Å². The van der Waals surface area contributed by atoms with Gasteiger partial charge < -0.3 is 10.4 Å². The molecule has 0 aliphatic carbocycles. The topological polar surface area (TPSA) is 66.4 Å². The van der Waals surface area contributed by atoms with Crippen molar-refractivity contribution in [1.82, 2.24) is 5.32 Å². The van der Waals surface area contributed by atoms with Gasteiger partial charge in [-0.3, -0.25) is 4.79 Å².